The number of H-pyrrole nitrogens is 1. The number of anilines is 2. The smallest absolute Gasteiger partial charge is 0.345 e. The molecule has 0 spiro atoms. The Morgan fingerprint density at radius 3 is 2.23 bits per heavy atom. The molecular weight excluding hydrogens is 286 g/mol. The van der Waals surface area contributed by atoms with Gasteiger partial charge in [0.15, 0.2) is 0 Å². The standard InChI is InChI=1S/C10H6O4.C5H7N3/c11-9(12)7-5-6-3-1-2-4-8(6)14-10(7)13;6-4-2-1-3-5(7)8-4/h1-5H,(H,11,12);1-3H,(H4,6,7,8). The Kier molecular flexibility index (Phi) is 4.38. The summed E-state index contributed by atoms with van der Waals surface area (Å²) in [7, 11) is 0. The summed E-state index contributed by atoms with van der Waals surface area (Å²) in [5, 5.41) is 11.1. The number of carboxylic acid groups (broad SMARTS) is 1. The zero-order valence-corrected chi connectivity index (χ0v) is 11.4. The van der Waals surface area contributed by atoms with Crippen molar-refractivity contribution in [2.75, 3.05) is 11.5 Å². The van der Waals surface area contributed by atoms with E-state index in [4.69, 9.17) is 15.9 Å². The molecule has 3 rings (SSSR count). The lowest BCUT2D eigenvalue weighted by Gasteiger charge is -2.01. The molecule has 0 bridgehead atoms. The summed E-state index contributed by atoms with van der Waals surface area (Å²) < 4.78 is 4.78. The molecule has 0 saturated heterocycles. The molecular formula is C15H13N3O4. The van der Waals surface area contributed by atoms with E-state index in [1.165, 1.54) is 6.07 Å². The summed E-state index contributed by atoms with van der Waals surface area (Å²) in [6.45, 7) is 0. The number of hydrogen-bond donors (Lipinski definition) is 2. The van der Waals surface area contributed by atoms with Crippen molar-refractivity contribution < 1.29 is 19.3 Å². The van der Waals surface area contributed by atoms with Crippen molar-refractivity contribution in [1.82, 2.24) is 0 Å². The van der Waals surface area contributed by atoms with Crippen LogP contribution in [0.15, 0.2) is 57.7 Å². The molecule has 0 atom stereocenters. The molecule has 0 unspecified atom stereocenters. The van der Waals surface area contributed by atoms with Gasteiger partial charge in [-0.3, -0.25) is 0 Å². The molecule has 3 aromatic rings. The second-order valence-corrected chi connectivity index (χ2v) is 4.33. The van der Waals surface area contributed by atoms with Crippen molar-refractivity contribution in [2.24, 2.45) is 0 Å². The number of nitrogens with two attached hydrogens (primary N) is 2. The first-order chi connectivity index (χ1) is 10.5. The molecule has 1 aromatic carbocycles. The SMILES string of the molecule is Nc1cccc(N)[nH+]1.O=C([O-])c1cc2ccccc2oc1=O. The minimum atomic E-state index is -1.52. The summed E-state index contributed by atoms with van der Waals surface area (Å²) >= 11 is 0. The van der Waals surface area contributed by atoms with Crippen molar-refractivity contribution >= 4 is 28.6 Å². The van der Waals surface area contributed by atoms with Gasteiger partial charge < -0.3 is 25.8 Å². The first-order valence-corrected chi connectivity index (χ1v) is 6.25. The first-order valence-electron chi connectivity index (χ1n) is 6.25. The van der Waals surface area contributed by atoms with Crippen LogP contribution in [0.2, 0.25) is 0 Å². The number of aromatic amines is 1. The number of nitrogens with one attached hydrogen (secondary N) is 1. The van der Waals surface area contributed by atoms with E-state index in [0.29, 0.717) is 22.6 Å². The molecule has 7 nitrogen and oxygen atoms in total. The topological polar surface area (TPSA) is 137 Å². The van der Waals surface area contributed by atoms with E-state index < -0.39 is 17.2 Å². The van der Waals surface area contributed by atoms with E-state index in [1.807, 2.05) is 0 Å². The van der Waals surface area contributed by atoms with Crippen LogP contribution in [0.1, 0.15) is 10.4 Å². The molecule has 7 heteroatoms. The maximum absolute atomic E-state index is 11.1. The first kappa shape index (κ1) is 15.0. The Morgan fingerprint density at radius 2 is 1.68 bits per heavy atom. The molecule has 112 valence electrons. The van der Waals surface area contributed by atoms with Gasteiger partial charge in [0.05, 0.1) is 11.5 Å². The van der Waals surface area contributed by atoms with Crippen molar-refractivity contribution in [1.29, 1.82) is 0 Å². The third-order valence-electron chi connectivity index (χ3n) is 2.70. The van der Waals surface area contributed by atoms with Gasteiger partial charge in [0.2, 0.25) is 11.6 Å². The highest BCUT2D eigenvalue weighted by molar-refractivity contribution is 5.90. The van der Waals surface area contributed by atoms with Crippen LogP contribution in [0.25, 0.3) is 11.0 Å². The predicted octanol–water partition coefficient (Wildman–Crippen LogP) is -0.178. The van der Waals surface area contributed by atoms with E-state index in [-0.39, 0.29) is 0 Å². The molecule has 22 heavy (non-hydrogen) atoms. The van der Waals surface area contributed by atoms with Gasteiger partial charge in [-0.2, -0.15) is 0 Å². The Morgan fingerprint density at radius 1 is 1.05 bits per heavy atom. The summed E-state index contributed by atoms with van der Waals surface area (Å²) in [6.07, 6.45) is 0. The van der Waals surface area contributed by atoms with E-state index in [9.17, 15) is 14.7 Å². The lowest BCUT2D eigenvalue weighted by molar-refractivity contribution is -0.342. The lowest BCUT2D eigenvalue weighted by Crippen LogP contribution is -2.28. The van der Waals surface area contributed by atoms with E-state index in [2.05, 4.69) is 4.98 Å². The van der Waals surface area contributed by atoms with Gasteiger partial charge in [0.1, 0.15) is 5.58 Å². The quantitative estimate of drug-likeness (QED) is 0.598. The normalized spacial score (nSPS) is 9.82. The number of pyridine rings is 1. The third kappa shape index (κ3) is 3.60. The van der Waals surface area contributed by atoms with E-state index in [0.717, 1.165) is 0 Å². The number of carboxylic acids is 1. The highest BCUT2D eigenvalue weighted by atomic mass is 16.4. The second-order valence-electron chi connectivity index (χ2n) is 4.33. The summed E-state index contributed by atoms with van der Waals surface area (Å²) in [4.78, 5) is 24.3. The van der Waals surface area contributed by atoms with E-state index >= 15 is 0 Å². The van der Waals surface area contributed by atoms with Crippen molar-refractivity contribution in [3.63, 3.8) is 0 Å². The largest absolute Gasteiger partial charge is 0.545 e. The highest BCUT2D eigenvalue weighted by Gasteiger charge is 2.04. The number of hydrogen-bond acceptors (Lipinski definition) is 6. The van der Waals surface area contributed by atoms with Crippen LogP contribution in [0.5, 0.6) is 0 Å². The van der Waals surface area contributed by atoms with Crippen LogP contribution in [0.3, 0.4) is 0 Å². The van der Waals surface area contributed by atoms with Crippen LogP contribution in [-0.2, 0) is 0 Å². The van der Waals surface area contributed by atoms with Crippen LogP contribution < -0.4 is 27.2 Å². The van der Waals surface area contributed by atoms with Gasteiger partial charge in [-0.25, -0.2) is 9.78 Å². The molecule has 0 saturated carbocycles. The molecule has 2 heterocycles. The number of carbonyl (C=O) groups excluding carboxylic acids is 1. The highest BCUT2D eigenvalue weighted by Crippen LogP contribution is 2.11. The monoisotopic (exact) mass is 299 g/mol. The van der Waals surface area contributed by atoms with Crippen LogP contribution in [-0.4, -0.2) is 5.97 Å². The maximum Gasteiger partial charge on any atom is 0.345 e. The minimum absolute atomic E-state index is 0.363. The Balaban J connectivity index is 0.000000188. The van der Waals surface area contributed by atoms with Gasteiger partial charge in [-0.05, 0) is 18.2 Å². The fourth-order valence-corrected chi connectivity index (χ4v) is 1.71. The van der Waals surface area contributed by atoms with Gasteiger partial charge in [-0.1, -0.05) is 18.2 Å². The zero-order chi connectivity index (χ0) is 16.1. The van der Waals surface area contributed by atoms with Gasteiger partial charge in [-0.15, -0.1) is 0 Å². The summed E-state index contributed by atoms with van der Waals surface area (Å²) in [5.41, 5.74) is 9.67. The molecule has 0 radical (unpaired) electrons. The number of aromatic nitrogens is 1. The number of nitrogen functional groups attached to an aromatic ring is 2. The summed E-state index contributed by atoms with van der Waals surface area (Å²) in [5.74, 6) is -0.348. The molecule has 0 fully saturated rings. The Hall–Kier alpha value is -3.35. The zero-order valence-electron chi connectivity index (χ0n) is 11.4. The number of benzene rings is 1. The maximum atomic E-state index is 11.1. The number of para-hydroxylation sites is 1. The van der Waals surface area contributed by atoms with Crippen molar-refractivity contribution in [3.8, 4) is 0 Å². The molecule has 2 aromatic heterocycles. The van der Waals surface area contributed by atoms with Crippen molar-refractivity contribution in [2.45, 2.75) is 0 Å². The van der Waals surface area contributed by atoms with Gasteiger partial charge in [0.25, 0.3) is 0 Å². The Labute approximate surface area is 124 Å². The number of carbonyl (C=O) groups is 1. The minimum Gasteiger partial charge on any atom is -0.545 e. The lowest BCUT2D eigenvalue weighted by atomic mass is 10.2. The van der Waals surface area contributed by atoms with Crippen LogP contribution in [0, 0.1) is 0 Å². The predicted molar refractivity (Wildman–Crippen MR) is 78.6 cm³/mol. The fraction of sp³-hybridized carbons (Fsp3) is 0. The fourth-order valence-electron chi connectivity index (χ4n) is 1.71. The molecule has 0 aliphatic heterocycles. The number of aromatic carboxylic acids is 1. The molecule has 0 aliphatic carbocycles. The molecule has 5 N–H and O–H groups in total. The van der Waals surface area contributed by atoms with Crippen LogP contribution in [0.4, 0.5) is 11.6 Å². The third-order valence-corrected chi connectivity index (χ3v) is 2.70. The molecule has 0 aliphatic rings. The van der Waals surface area contributed by atoms with E-state index in [1.54, 1.807) is 42.5 Å². The average Bonchev–Trinajstić information content (AvgIpc) is 2.46. The number of rotatable bonds is 1. The van der Waals surface area contributed by atoms with Crippen LogP contribution >= 0.6 is 0 Å². The van der Waals surface area contributed by atoms with Crippen molar-refractivity contribution in [3.05, 3.63) is 64.5 Å². The van der Waals surface area contributed by atoms with Gasteiger partial charge >= 0.3 is 5.63 Å². The summed E-state index contributed by atoms with van der Waals surface area (Å²) in [6, 6.07) is 13.2. The van der Waals surface area contributed by atoms with Gasteiger partial charge in [0, 0.05) is 17.5 Å². The molecule has 0 amide bonds. The second kappa shape index (κ2) is 6.40. The number of fused-ring (bicyclic) bond motifs is 1. The Bertz CT molecular complexity index is 857. The average molecular weight is 299 g/mol.